The quantitative estimate of drug-likeness (QED) is 0.825. The molecule has 19 heavy (non-hydrogen) atoms. The zero-order chi connectivity index (χ0) is 13.4. The lowest BCUT2D eigenvalue weighted by atomic mass is 9.97. The molecule has 1 heterocycles. The van der Waals surface area contributed by atoms with Crippen LogP contribution in [0.3, 0.4) is 0 Å². The minimum absolute atomic E-state index is 0.688. The van der Waals surface area contributed by atoms with E-state index in [-0.39, 0.29) is 0 Å². The van der Waals surface area contributed by atoms with Crippen molar-refractivity contribution in [2.45, 2.75) is 51.5 Å². The Labute approximate surface area is 115 Å². The summed E-state index contributed by atoms with van der Waals surface area (Å²) in [5.41, 5.74) is 0. The van der Waals surface area contributed by atoms with E-state index < -0.39 is 0 Å². The summed E-state index contributed by atoms with van der Waals surface area (Å²) in [4.78, 5) is 2.42. The SMILES string of the molecule is CCC1C=c2c(c(N(C)C3CCCC3)nn2C)=CC1. The molecule has 0 aromatic carbocycles. The van der Waals surface area contributed by atoms with Crippen LogP contribution in [0, 0.1) is 5.92 Å². The zero-order valence-electron chi connectivity index (χ0n) is 12.4. The van der Waals surface area contributed by atoms with Crippen molar-refractivity contribution in [1.29, 1.82) is 0 Å². The molecule has 104 valence electrons. The molecule has 3 heteroatoms. The Morgan fingerprint density at radius 3 is 2.79 bits per heavy atom. The van der Waals surface area contributed by atoms with Crippen molar-refractivity contribution < 1.29 is 0 Å². The fourth-order valence-electron chi connectivity index (χ4n) is 3.50. The summed E-state index contributed by atoms with van der Waals surface area (Å²) in [6.07, 6.45) is 12.6. The average molecular weight is 259 g/mol. The van der Waals surface area contributed by atoms with E-state index in [0.29, 0.717) is 12.0 Å². The second-order valence-corrected chi connectivity index (χ2v) is 6.07. The van der Waals surface area contributed by atoms with Gasteiger partial charge in [0.1, 0.15) is 0 Å². The lowest BCUT2D eigenvalue weighted by Gasteiger charge is -2.24. The van der Waals surface area contributed by atoms with Gasteiger partial charge in [-0.25, -0.2) is 0 Å². The van der Waals surface area contributed by atoms with Crippen LogP contribution in [0.2, 0.25) is 0 Å². The Morgan fingerprint density at radius 2 is 2.11 bits per heavy atom. The molecule has 2 aliphatic rings. The van der Waals surface area contributed by atoms with Gasteiger partial charge >= 0.3 is 0 Å². The highest BCUT2D eigenvalue weighted by Gasteiger charge is 2.23. The predicted molar refractivity (Wildman–Crippen MR) is 80.4 cm³/mol. The molecule has 0 aliphatic heterocycles. The Balaban J connectivity index is 2.01. The number of fused-ring (bicyclic) bond motifs is 1. The largest absolute Gasteiger partial charge is 0.355 e. The summed E-state index contributed by atoms with van der Waals surface area (Å²) >= 11 is 0. The third kappa shape index (κ3) is 2.19. The highest BCUT2D eigenvalue weighted by atomic mass is 15.3. The molecule has 1 atom stereocenters. The van der Waals surface area contributed by atoms with E-state index in [1.54, 1.807) is 0 Å². The minimum Gasteiger partial charge on any atom is -0.355 e. The van der Waals surface area contributed by atoms with Gasteiger partial charge in [0, 0.05) is 25.4 Å². The Kier molecular flexibility index (Phi) is 3.38. The van der Waals surface area contributed by atoms with Gasteiger partial charge in [0.25, 0.3) is 0 Å². The maximum absolute atomic E-state index is 4.79. The number of aromatic nitrogens is 2. The van der Waals surface area contributed by atoms with Gasteiger partial charge in [0.15, 0.2) is 5.82 Å². The zero-order valence-corrected chi connectivity index (χ0v) is 12.4. The standard InChI is InChI=1S/C16H25N3/c1-4-12-9-10-14-15(11-12)19(3)17-16(14)18(2)13-7-5-6-8-13/h10-13H,4-9H2,1-3H3. The third-order valence-electron chi connectivity index (χ3n) is 4.86. The first-order chi connectivity index (χ1) is 9.20. The van der Waals surface area contributed by atoms with Crippen LogP contribution < -0.4 is 15.5 Å². The minimum atomic E-state index is 0.688. The van der Waals surface area contributed by atoms with Crippen LogP contribution in [0.15, 0.2) is 0 Å². The summed E-state index contributed by atoms with van der Waals surface area (Å²) in [6.45, 7) is 2.27. The van der Waals surface area contributed by atoms with E-state index in [1.165, 1.54) is 54.9 Å². The van der Waals surface area contributed by atoms with Crippen LogP contribution >= 0.6 is 0 Å². The molecular formula is C16H25N3. The van der Waals surface area contributed by atoms with Crippen molar-refractivity contribution >= 4 is 18.0 Å². The summed E-state index contributed by atoms with van der Waals surface area (Å²) in [7, 11) is 4.30. The van der Waals surface area contributed by atoms with Gasteiger partial charge in [-0.2, -0.15) is 5.10 Å². The summed E-state index contributed by atoms with van der Waals surface area (Å²) < 4.78 is 2.06. The number of rotatable bonds is 3. The van der Waals surface area contributed by atoms with Gasteiger partial charge in [0.05, 0.1) is 5.35 Å². The highest BCUT2D eigenvalue weighted by Crippen LogP contribution is 2.24. The normalized spacial score (nSPS) is 22.8. The van der Waals surface area contributed by atoms with Gasteiger partial charge < -0.3 is 4.90 Å². The number of nitrogens with zero attached hydrogens (tertiary/aromatic N) is 3. The van der Waals surface area contributed by atoms with Crippen LogP contribution in [-0.4, -0.2) is 22.9 Å². The summed E-state index contributed by atoms with van der Waals surface area (Å²) in [5, 5.41) is 7.47. The Bertz CT molecular complexity index is 564. The van der Waals surface area contributed by atoms with Crippen LogP contribution in [0.25, 0.3) is 12.2 Å². The van der Waals surface area contributed by atoms with Crippen molar-refractivity contribution in [2.24, 2.45) is 13.0 Å². The summed E-state index contributed by atoms with van der Waals surface area (Å²) in [5.74, 6) is 1.88. The molecule has 1 fully saturated rings. The van der Waals surface area contributed by atoms with Crippen LogP contribution in [0.4, 0.5) is 5.82 Å². The Morgan fingerprint density at radius 1 is 1.37 bits per heavy atom. The van der Waals surface area contributed by atoms with E-state index in [4.69, 9.17) is 5.10 Å². The second kappa shape index (κ2) is 5.03. The van der Waals surface area contributed by atoms with E-state index in [0.717, 1.165) is 0 Å². The molecule has 2 aliphatic carbocycles. The number of anilines is 1. The maximum Gasteiger partial charge on any atom is 0.158 e. The molecule has 0 saturated heterocycles. The van der Waals surface area contributed by atoms with Crippen molar-refractivity contribution in [1.82, 2.24) is 9.78 Å². The second-order valence-electron chi connectivity index (χ2n) is 6.07. The molecule has 1 aromatic heterocycles. The molecule has 0 spiro atoms. The molecule has 0 bridgehead atoms. The topological polar surface area (TPSA) is 21.1 Å². The first-order valence-electron chi connectivity index (χ1n) is 7.68. The molecule has 1 unspecified atom stereocenters. The third-order valence-corrected chi connectivity index (χ3v) is 4.86. The smallest absolute Gasteiger partial charge is 0.158 e. The molecular weight excluding hydrogens is 234 g/mol. The van der Waals surface area contributed by atoms with E-state index in [1.807, 2.05) is 0 Å². The molecule has 0 amide bonds. The van der Waals surface area contributed by atoms with Gasteiger partial charge in [-0.1, -0.05) is 31.9 Å². The van der Waals surface area contributed by atoms with Crippen LogP contribution in [0.5, 0.6) is 0 Å². The van der Waals surface area contributed by atoms with Gasteiger partial charge in [-0.05, 0) is 31.6 Å². The fourth-order valence-corrected chi connectivity index (χ4v) is 3.50. The first kappa shape index (κ1) is 12.8. The molecule has 3 rings (SSSR count). The molecule has 3 nitrogen and oxygen atoms in total. The van der Waals surface area contributed by atoms with Gasteiger partial charge in [-0.15, -0.1) is 0 Å². The number of aryl methyl sites for hydroxylation is 1. The molecule has 1 aromatic rings. The monoisotopic (exact) mass is 259 g/mol. The van der Waals surface area contributed by atoms with E-state index >= 15 is 0 Å². The highest BCUT2D eigenvalue weighted by molar-refractivity contribution is 5.50. The van der Waals surface area contributed by atoms with E-state index in [2.05, 4.69) is 42.8 Å². The fraction of sp³-hybridized carbons (Fsp3) is 0.688. The summed E-state index contributed by atoms with van der Waals surface area (Å²) in [6, 6.07) is 0.691. The predicted octanol–water partition coefficient (Wildman–Crippen LogP) is 1.79. The molecule has 0 N–H and O–H groups in total. The number of hydrogen-bond acceptors (Lipinski definition) is 2. The van der Waals surface area contributed by atoms with Gasteiger partial charge in [-0.3, -0.25) is 4.68 Å². The maximum atomic E-state index is 4.79. The first-order valence-corrected chi connectivity index (χ1v) is 7.68. The van der Waals surface area contributed by atoms with Crippen molar-refractivity contribution in [3.63, 3.8) is 0 Å². The average Bonchev–Trinajstić information content (AvgIpc) is 3.06. The molecule has 0 radical (unpaired) electrons. The lowest BCUT2D eigenvalue weighted by molar-refractivity contribution is 0.635. The van der Waals surface area contributed by atoms with Crippen LogP contribution in [-0.2, 0) is 7.05 Å². The van der Waals surface area contributed by atoms with Crippen molar-refractivity contribution in [3.8, 4) is 0 Å². The molecule has 1 saturated carbocycles. The lowest BCUT2D eigenvalue weighted by Crippen LogP contribution is -2.37. The Hall–Kier alpha value is -1.25. The van der Waals surface area contributed by atoms with Gasteiger partial charge in [0.2, 0.25) is 0 Å². The van der Waals surface area contributed by atoms with Crippen LogP contribution in [0.1, 0.15) is 45.4 Å². The number of hydrogen-bond donors (Lipinski definition) is 0. The van der Waals surface area contributed by atoms with E-state index in [9.17, 15) is 0 Å². The van der Waals surface area contributed by atoms with Crippen molar-refractivity contribution in [3.05, 3.63) is 10.6 Å². The van der Waals surface area contributed by atoms with Crippen molar-refractivity contribution in [2.75, 3.05) is 11.9 Å².